The van der Waals surface area contributed by atoms with Gasteiger partial charge in [0.25, 0.3) is 0 Å². The lowest BCUT2D eigenvalue weighted by Gasteiger charge is -2.31. The number of carbonyl (C=O) groups excluding carboxylic acids is 1. The van der Waals surface area contributed by atoms with Crippen LogP contribution in [0.2, 0.25) is 0 Å². The molecule has 0 aromatic carbocycles. The van der Waals surface area contributed by atoms with Gasteiger partial charge in [-0.3, -0.25) is 4.79 Å². The molecule has 0 radical (unpaired) electrons. The van der Waals surface area contributed by atoms with Crippen molar-refractivity contribution in [1.29, 1.82) is 0 Å². The second-order valence-electron chi connectivity index (χ2n) is 3.73. The second-order valence-corrected chi connectivity index (χ2v) is 3.73. The van der Waals surface area contributed by atoms with Crippen LogP contribution in [0.4, 0.5) is 0 Å². The summed E-state index contributed by atoms with van der Waals surface area (Å²) >= 11 is 0. The lowest BCUT2D eigenvalue weighted by atomic mass is 9.72. The summed E-state index contributed by atoms with van der Waals surface area (Å²) in [4.78, 5) is 11.4. The summed E-state index contributed by atoms with van der Waals surface area (Å²) in [5.41, 5.74) is 0.906. The first-order valence-corrected chi connectivity index (χ1v) is 4.27. The van der Waals surface area contributed by atoms with E-state index in [1.54, 1.807) is 6.08 Å². The molecular weight excluding hydrogens is 148 g/mol. The van der Waals surface area contributed by atoms with Crippen molar-refractivity contribution in [3.8, 4) is 0 Å². The van der Waals surface area contributed by atoms with E-state index in [1.165, 1.54) is 0 Å². The molecule has 0 spiro atoms. The lowest BCUT2D eigenvalue weighted by molar-refractivity contribution is -0.111. The Labute approximate surface area is 72.5 Å². The van der Waals surface area contributed by atoms with Gasteiger partial charge in [-0.25, -0.2) is 0 Å². The molecule has 12 heavy (non-hydrogen) atoms. The van der Waals surface area contributed by atoms with Crippen molar-refractivity contribution >= 4 is 5.78 Å². The molecule has 0 heterocycles. The van der Waals surface area contributed by atoms with Crippen LogP contribution in [0, 0.1) is 11.3 Å². The van der Waals surface area contributed by atoms with Crippen LogP contribution in [0.3, 0.4) is 0 Å². The molecule has 2 unspecified atom stereocenters. The molecule has 1 nitrogen and oxygen atoms in total. The molecule has 2 aliphatic carbocycles. The van der Waals surface area contributed by atoms with Crippen LogP contribution in [0.25, 0.3) is 0 Å². The highest BCUT2D eigenvalue weighted by atomic mass is 16.1. The van der Waals surface area contributed by atoms with Gasteiger partial charge in [0.05, 0.1) is 0 Å². The Morgan fingerprint density at radius 2 is 2.25 bits per heavy atom. The monoisotopic (exact) mass is 160 g/mol. The van der Waals surface area contributed by atoms with Crippen molar-refractivity contribution in [2.75, 3.05) is 0 Å². The maximum absolute atomic E-state index is 11.4. The van der Waals surface area contributed by atoms with Gasteiger partial charge in [-0.2, -0.15) is 0 Å². The topological polar surface area (TPSA) is 17.1 Å². The van der Waals surface area contributed by atoms with E-state index in [2.05, 4.69) is 19.9 Å². The number of rotatable bonds is 0. The Morgan fingerprint density at radius 3 is 2.92 bits per heavy atom. The smallest absolute Gasteiger partial charge is 0.182 e. The summed E-state index contributed by atoms with van der Waals surface area (Å²) in [7, 11) is 0. The lowest BCUT2D eigenvalue weighted by Crippen LogP contribution is -2.25. The predicted octanol–water partition coefficient (Wildman–Crippen LogP) is 2.26. The molecule has 0 saturated heterocycles. The molecule has 0 N–H and O–H groups in total. The van der Waals surface area contributed by atoms with Gasteiger partial charge < -0.3 is 0 Å². The summed E-state index contributed by atoms with van der Waals surface area (Å²) in [5, 5.41) is 0. The van der Waals surface area contributed by atoms with Gasteiger partial charge in [-0.15, -0.1) is 0 Å². The molecule has 2 aliphatic rings. The second kappa shape index (κ2) is 2.19. The third-order valence-electron chi connectivity index (χ3n) is 3.04. The zero-order valence-electron chi connectivity index (χ0n) is 7.37. The standard InChI is InChI=1S/C11H12O/c1-8-4-3-5-9-10(12)6-7-11(8,9)2/h3-8H,1-2H3. The van der Waals surface area contributed by atoms with E-state index in [4.69, 9.17) is 0 Å². The summed E-state index contributed by atoms with van der Waals surface area (Å²) in [6.45, 7) is 4.26. The van der Waals surface area contributed by atoms with E-state index in [0.717, 1.165) is 5.57 Å². The Bertz CT molecular complexity index is 320. The summed E-state index contributed by atoms with van der Waals surface area (Å²) < 4.78 is 0. The van der Waals surface area contributed by atoms with Gasteiger partial charge in [0.15, 0.2) is 5.78 Å². The molecule has 0 aliphatic heterocycles. The van der Waals surface area contributed by atoms with Gasteiger partial charge >= 0.3 is 0 Å². The Hall–Kier alpha value is -1.11. The van der Waals surface area contributed by atoms with E-state index in [-0.39, 0.29) is 11.2 Å². The fourth-order valence-corrected chi connectivity index (χ4v) is 1.87. The number of fused-ring (bicyclic) bond motifs is 1. The van der Waals surface area contributed by atoms with Crippen molar-refractivity contribution in [3.05, 3.63) is 36.0 Å². The average molecular weight is 160 g/mol. The van der Waals surface area contributed by atoms with Gasteiger partial charge in [-0.05, 0) is 12.0 Å². The van der Waals surface area contributed by atoms with Crippen LogP contribution in [0.15, 0.2) is 36.0 Å². The molecule has 0 bridgehead atoms. The first-order valence-electron chi connectivity index (χ1n) is 4.27. The number of ketones is 1. The highest BCUT2D eigenvalue weighted by Crippen LogP contribution is 2.44. The summed E-state index contributed by atoms with van der Waals surface area (Å²) in [6, 6.07) is 0. The van der Waals surface area contributed by atoms with Gasteiger partial charge in [0, 0.05) is 11.0 Å². The van der Waals surface area contributed by atoms with Crippen molar-refractivity contribution < 1.29 is 4.79 Å². The van der Waals surface area contributed by atoms with Crippen LogP contribution in [0.5, 0.6) is 0 Å². The number of hydrogen-bond acceptors (Lipinski definition) is 1. The molecule has 2 atom stereocenters. The minimum Gasteiger partial charge on any atom is -0.290 e. The van der Waals surface area contributed by atoms with Gasteiger partial charge in [-0.1, -0.05) is 38.2 Å². The van der Waals surface area contributed by atoms with E-state index >= 15 is 0 Å². The third kappa shape index (κ3) is 0.765. The highest BCUT2D eigenvalue weighted by molar-refractivity contribution is 6.08. The highest BCUT2D eigenvalue weighted by Gasteiger charge is 2.39. The Morgan fingerprint density at radius 1 is 1.50 bits per heavy atom. The number of hydrogen-bond donors (Lipinski definition) is 0. The SMILES string of the molecule is CC1C=CC=C2C(=O)C=CC21C. The normalized spacial score (nSPS) is 38.3. The van der Waals surface area contributed by atoms with Gasteiger partial charge in [0.2, 0.25) is 0 Å². The van der Waals surface area contributed by atoms with Crippen LogP contribution in [-0.2, 0) is 4.79 Å². The van der Waals surface area contributed by atoms with Crippen LogP contribution < -0.4 is 0 Å². The predicted molar refractivity (Wildman–Crippen MR) is 48.6 cm³/mol. The van der Waals surface area contributed by atoms with Crippen molar-refractivity contribution in [1.82, 2.24) is 0 Å². The first-order chi connectivity index (χ1) is 5.64. The van der Waals surface area contributed by atoms with Crippen LogP contribution >= 0.6 is 0 Å². The largest absolute Gasteiger partial charge is 0.290 e. The maximum atomic E-state index is 11.4. The van der Waals surface area contributed by atoms with Gasteiger partial charge in [0.1, 0.15) is 0 Å². The maximum Gasteiger partial charge on any atom is 0.182 e. The molecule has 0 amide bonds. The number of allylic oxidation sites excluding steroid dienone is 6. The van der Waals surface area contributed by atoms with Crippen molar-refractivity contribution in [2.45, 2.75) is 13.8 Å². The molecular formula is C11H12O. The average Bonchev–Trinajstić information content (AvgIpc) is 2.33. The fraction of sp³-hybridized carbons (Fsp3) is 0.364. The van der Waals surface area contributed by atoms with Crippen molar-refractivity contribution in [2.24, 2.45) is 11.3 Å². The van der Waals surface area contributed by atoms with Crippen LogP contribution in [0.1, 0.15) is 13.8 Å². The molecule has 0 fully saturated rings. The third-order valence-corrected chi connectivity index (χ3v) is 3.04. The quantitative estimate of drug-likeness (QED) is 0.531. The minimum absolute atomic E-state index is 0.0359. The molecule has 62 valence electrons. The van der Waals surface area contributed by atoms with E-state index in [1.807, 2.05) is 18.2 Å². The van der Waals surface area contributed by atoms with E-state index < -0.39 is 0 Å². The molecule has 2 rings (SSSR count). The molecule has 0 aromatic heterocycles. The molecule has 0 aromatic rings. The van der Waals surface area contributed by atoms with E-state index in [9.17, 15) is 4.79 Å². The molecule has 0 saturated carbocycles. The fourth-order valence-electron chi connectivity index (χ4n) is 1.87. The Balaban J connectivity index is 2.53. The van der Waals surface area contributed by atoms with Crippen LogP contribution in [-0.4, -0.2) is 5.78 Å². The number of carbonyl (C=O) groups is 1. The molecule has 1 heteroatoms. The summed E-state index contributed by atoms with van der Waals surface area (Å²) in [5.74, 6) is 0.605. The minimum atomic E-state index is -0.0359. The summed E-state index contributed by atoms with van der Waals surface area (Å²) in [6.07, 6.45) is 9.77. The zero-order chi connectivity index (χ0) is 8.77. The van der Waals surface area contributed by atoms with Crippen molar-refractivity contribution in [3.63, 3.8) is 0 Å². The first kappa shape index (κ1) is 7.53. The zero-order valence-corrected chi connectivity index (χ0v) is 7.37. The Kier molecular flexibility index (Phi) is 1.38. The van der Waals surface area contributed by atoms with E-state index in [0.29, 0.717) is 5.92 Å².